The van der Waals surface area contributed by atoms with Gasteiger partial charge in [-0.1, -0.05) is 37.9 Å². The van der Waals surface area contributed by atoms with Gasteiger partial charge in [-0.2, -0.15) is 0 Å². The fraction of sp³-hybridized carbons (Fsp3) is 0.571. The molecule has 0 aromatic heterocycles. The molecule has 0 atom stereocenters. The summed E-state index contributed by atoms with van der Waals surface area (Å²) in [4.78, 5) is 34.3. The van der Waals surface area contributed by atoms with Gasteiger partial charge in [0.15, 0.2) is 0 Å². The Balaban J connectivity index is 4.28. The quantitative estimate of drug-likeness (QED) is 0.135. The summed E-state index contributed by atoms with van der Waals surface area (Å²) in [5.41, 5.74) is 1.19. The second-order valence-corrected chi connectivity index (χ2v) is 10.5. The van der Waals surface area contributed by atoms with Gasteiger partial charge in [0.05, 0.1) is 19.8 Å². The topological polar surface area (TPSA) is 78.9 Å². The van der Waals surface area contributed by atoms with Crippen molar-refractivity contribution in [2.45, 2.75) is 58.2 Å². The molecule has 0 aromatic rings. The highest BCUT2D eigenvalue weighted by atomic mass is 28.3. The summed E-state index contributed by atoms with van der Waals surface area (Å²) in [7, 11) is -1.14. The lowest BCUT2D eigenvalue weighted by Gasteiger charge is -2.16. The lowest BCUT2D eigenvalue weighted by Crippen LogP contribution is -2.17. The normalized spacial score (nSPS) is 10.3. The summed E-state index contributed by atoms with van der Waals surface area (Å²) >= 11 is 0. The lowest BCUT2D eigenvalue weighted by atomic mass is 10.4. The molecule has 0 heterocycles. The summed E-state index contributed by atoms with van der Waals surface area (Å²) < 4.78 is 15.4. The molecular weight excluding hydrogens is 376 g/mol. The largest absolute Gasteiger partial charge is 0.462 e. The van der Waals surface area contributed by atoms with E-state index in [-0.39, 0.29) is 17.9 Å². The van der Waals surface area contributed by atoms with Crippen molar-refractivity contribution in [1.29, 1.82) is 0 Å². The van der Waals surface area contributed by atoms with Crippen LogP contribution < -0.4 is 0 Å². The van der Waals surface area contributed by atoms with Crippen LogP contribution in [-0.4, -0.2) is 46.5 Å². The van der Waals surface area contributed by atoms with E-state index in [1.807, 2.05) is 0 Å². The molecule has 6 nitrogen and oxygen atoms in total. The third kappa shape index (κ3) is 13.1. The van der Waals surface area contributed by atoms with E-state index in [2.05, 4.69) is 19.7 Å². The van der Waals surface area contributed by atoms with E-state index in [0.717, 1.165) is 37.4 Å². The third-order valence-corrected chi connectivity index (χ3v) is 7.69. The predicted molar refractivity (Wildman–Crippen MR) is 113 cm³/mol. The third-order valence-electron chi connectivity index (χ3n) is 4.01. The molecule has 7 heteroatoms. The molecule has 0 rings (SSSR count). The molecule has 0 amide bonds. The van der Waals surface area contributed by atoms with E-state index in [1.54, 1.807) is 20.8 Å². The zero-order chi connectivity index (χ0) is 21.5. The zero-order valence-corrected chi connectivity index (χ0v) is 18.7. The van der Waals surface area contributed by atoms with Crippen molar-refractivity contribution in [3.63, 3.8) is 0 Å². The van der Waals surface area contributed by atoms with Crippen LogP contribution in [0.4, 0.5) is 0 Å². The zero-order valence-electron chi connectivity index (χ0n) is 17.5. The maximum atomic E-state index is 11.4. The minimum atomic E-state index is -1.14. The van der Waals surface area contributed by atoms with Crippen LogP contribution in [0, 0.1) is 0 Å². The van der Waals surface area contributed by atoms with Gasteiger partial charge >= 0.3 is 17.9 Å². The molecule has 0 aliphatic heterocycles. The van der Waals surface area contributed by atoms with Gasteiger partial charge in [0.2, 0.25) is 0 Å². The average molecular weight is 411 g/mol. The molecule has 0 N–H and O–H groups in total. The first-order chi connectivity index (χ1) is 13.1. The Labute approximate surface area is 170 Å². The summed E-state index contributed by atoms with van der Waals surface area (Å²) in [5.74, 6) is -1.09. The monoisotopic (exact) mass is 410 g/mol. The molecule has 0 saturated heterocycles. The van der Waals surface area contributed by atoms with Crippen molar-refractivity contribution in [1.82, 2.24) is 0 Å². The molecule has 0 radical (unpaired) electrons. The highest BCUT2D eigenvalue weighted by Gasteiger charge is 2.13. The van der Waals surface area contributed by atoms with Crippen LogP contribution >= 0.6 is 0 Å². The highest BCUT2D eigenvalue weighted by Crippen LogP contribution is 2.14. The van der Waals surface area contributed by atoms with Crippen LogP contribution in [-0.2, 0) is 28.6 Å². The van der Waals surface area contributed by atoms with Crippen LogP contribution in [0.5, 0.6) is 0 Å². The minimum absolute atomic E-state index is 0.364. The minimum Gasteiger partial charge on any atom is -0.462 e. The second kappa shape index (κ2) is 14.8. The molecule has 0 saturated carbocycles. The number of ether oxygens (including phenoxy) is 3. The number of esters is 3. The predicted octanol–water partition coefficient (Wildman–Crippen LogP) is 3.74. The summed E-state index contributed by atoms with van der Waals surface area (Å²) in [6.45, 7) is 16.7. The second-order valence-electron chi connectivity index (χ2n) is 7.04. The Morgan fingerprint density at radius 3 is 1.07 bits per heavy atom. The maximum absolute atomic E-state index is 11.4. The first-order valence-corrected chi connectivity index (χ1v) is 12.1. The Hall–Kier alpha value is -2.15. The smallest absolute Gasteiger partial charge is 0.333 e. The van der Waals surface area contributed by atoms with Crippen LogP contribution in [0.2, 0.25) is 18.1 Å². The molecule has 0 aliphatic carbocycles. The van der Waals surface area contributed by atoms with E-state index in [0.29, 0.717) is 36.5 Å². The van der Waals surface area contributed by atoms with Crippen LogP contribution in [0.1, 0.15) is 40.0 Å². The molecule has 0 fully saturated rings. The standard InChI is InChI=1S/C21H34O6Si/c1-16(2)19(22)25-10-7-13-28(14-8-11-26-20(23)17(3)4)15-9-12-27-21(24)18(5)6/h28H,1,3,5,7-15H2,2,4,6H3. The lowest BCUT2D eigenvalue weighted by molar-refractivity contribution is -0.139. The molecular formula is C21H34O6Si. The van der Waals surface area contributed by atoms with Crippen molar-refractivity contribution in [3.05, 3.63) is 36.5 Å². The van der Waals surface area contributed by atoms with E-state index < -0.39 is 8.80 Å². The van der Waals surface area contributed by atoms with Crippen LogP contribution in [0.3, 0.4) is 0 Å². The average Bonchev–Trinajstić information content (AvgIpc) is 2.63. The molecule has 0 unspecified atom stereocenters. The van der Waals surface area contributed by atoms with E-state index in [9.17, 15) is 14.4 Å². The first-order valence-electron chi connectivity index (χ1n) is 9.63. The Morgan fingerprint density at radius 2 is 0.857 bits per heavy atom. The summed E-state index contributed by atoms with van der Waals surface area (Å²) in [6, 6.07) is 3.02. The van der Waals surface area contributed by atoms with E-state index >= 15 is 0 Å². The molecule has 158 valence electrons. The van der Waals surface area contributed by atoms with Gasteiger partial charge < -0.3 is 14.2 Å². The fourth-order valence-electron chi connectivity index (χ4n) is 2.41. The van der Waals surface area contributed by atoms with Gasteiger partial charge in [-0.05, 0) is 40.0 Å². The number of rotatable bonds is 15. The van der Waals surface area contributed by atoms with E-state index in [4.69, 9.17) is 14.2 Å². The van der Waals surface area contributed by atoms with Crippen molar-refractivity contribution in [2.24, 2.45) is 0 Å². The number of carbonyl (C=O) groups excluding carboxylic acids is 3. The maximum Gasteiger partial charge on any atom is 0.333 e. The molecule has 28 heavy (non-hydrogen) atoms. The van der Waals surface area contributed by atoms with Crippen molar-refractivity contribution >= 4 is 26.7 Å². The molecule has 0 spiro atoms. The summed E-state index contributed by atoms with van der Waals surface area (Å²) in [6.07, 6.45) is 2.40. The molecule has 0 aliphatic rings. The van der Waals surface area contributed by atoms with Crippen molar-refractivity contribution in [3.8, 4) is 0 Å². The van der Waals surface area contributed by atoms with Crippen LogP contribution in [0.15, 0.2) is 36.5 Å². The van der Waals surface area contributed by atoms with Gasteiger partial charge in [0.1, 0.15) is 0 Å². The SMILES string of the molecule is C=C(C)C(=O)OCCC[SiH](CCCOC(=O)C(=C)C)CCCOC(=O)C(=C)C. The van der Waals surface area contributed by atoms with Gasteiger partial charge in [-0.3, -0.25) is 0 Å². The number of carbonyl (C=O) groups is 3. The van der Waals surface area contributed by atoms with Gasteiger partial charge in [0, 0.05) is 25.5 Å². The molecule has 0 bridgehead atoms. The fourth-order valence-corrected chi connectivity index (χ4v) is 5.51. The Morgan fingerprint density at radius 1 is 0.607 bits per heavy atom. The highest BCUT2D eigenvalue weighted by molar-refractivity contribution is 6.58. The molecule has 0 aromatic carbocycles. The van der Waals surface area contributed by atoms with Crippen molar-refractivity contribution in [2.75, 3.05) is 19.8 Å². The van der Waals surface area contributed by atoms with Gasteiger partial charge in [0.25, 0.3) is 0 Å². The number of hydrogen-bond donors (Lipinski definition) is 0. The van der Waals surface area contributed by atoms with Crippen molar-refractivity contribution < 1.29 is 28.6 Å². The van der Waals surface area contributed by atoms with Crippen LogP contribution in [0.25, 0.3) is 0 Å². The number of hydrogen-bond acceptors (Lipinski definition) is 6. The Bertz CT molecular complexity index is 501. The first kappa shape index (κ1) is 25.8. The summed E-state index contributed by atoms with van der Waals surface area (Å²) in [5, 5.41) is 0. The van der Waals surface area contributed by atoms with Gasteiger partial charge in [-0.25, -0.2) is 14.4 Å². The Kier molecular flexibility index (Phi) is 13.7. The van der Waals surface area contributed by atoms with Gasteiger partial charge in [-0.15, -0.1) is 0 Å². The van der Waals surface area contributed by atoms with E-state index in [1.165, 1.54) is 0 Å².